The van der Waals surface area contributed by atoms with E-state index in [1.54, 1.807) is 28.8 Å². The summed E-state index contributed by atoms with van der Waals surface area (Å²) in [5, 5.41) is -0.125. The van der Waals surface area contributed by atoms with Gasteiger partial charge in [0.2, 0.25) is 5.91 Å². The fraction of sp³-hybridized carbons (Fsp3) is 0.571. The Hall–Kier alpha value is -2.45. The van der Waals surface area contributed by atoms with Gasteiger partial charge >= 0.3 is 5.97 Å². The Kier molecular flexibility index (Phi) is 7.91. The number of nitrogens with zero attached hydrogens (tertiary/aromatic N) is 2. The topological polar surface area (TPSA) is 85.3 Å². The van der Waals surface area contributed by atoms with Gasteiger partial charge in [-0.1, -0.05) is 31.2 Å². The van der Waals surface area contributed by atoms with Crippen LogP contribution in [-0.4, -0.2) is 59.6 Å². The molecule has 0 radical (unpaired) electrons. The van der Waals surface area contributed by atoms with Gasteiger partial charge in [-0.3, -0.25) is 24.3 Å². The number of carbonyl (C=O) groups excluding carboxylic acids is 3. The second-order valence-electron chi connectivity index (χ2n) is 9.91. The van der Waals surface area contributed by atoms with E-state index in [1.165, 1.54) is 16.9 Å². The van der Waals surface area contributed by atoms with Crippen molar-refractivity contribution in [1.29, 1.82) is 0 Å². The van der Waals surface area contributed by atoms with Crippen molar-refractivity contribution in [2.75, 3.05) is 19.8 Å². The molecule has 1 saturated heterocycles. The summed E-state index contributed by atoms with van der Waals surface area (Å²) < 4.78 is 11.1. The molecule has 5 rings (SSSR count). The van der Waals surface area contributed by atoms with Crippen LogP contribution in [0.25, 0.3) is 0 Å². The lowest BCUT2D eigenvalue weighted by Crippen LogP contribution is -2.50. The van der Waals surface area contributed by atoms with Crippen LogP contribution in [0.5, 0.6) is 0 Å². The molecule has 1 aromatic carbocycles. The first-order valence-corrected chi connectivity index (χ1v) is 14.1. The van der Waals surface area contributed by atoms with Crippen molar-refractivity contribution in [2.45, 2.75) is 76.2 Å². The van der Waals surface area contributed by atoms with Crippen molar-refractivity contribution in [2.24, 2.45) is 10.9 Å². The molecule has 3 heterocycles. The number of rotatable bonds is 9. The first kappa shape index (κ1) is 25.2. The van der Waals surface area contributed by atoms with Gasteiger partial charge in [0.25, 0.3) is 0 Å². The molecule has 1 aromatic rings. The number of thioether (sulfide) groups is 1. The van der Waals surface area contributed by atoms with Crippen molar-refractivity contribution in [3.63, 3.8) is 0 Å². The number of aliphatic imine (C=N–C) groups is 1. The van der Waals surface area contributed by atoms with Gasteiger partial charge in [-0.2, -0.15) is 0 Å². The number of allylic oxidation sites excluding steroid dienone is 1. The molecular weight excluding hydrogens is 476 g/mol. The smallest absolute Gasteiger partial charge is 0.306 e. The molecule has 1 amide bonds. The maximum atomic E-state index is 13.7. The van der Waals surface area contributed by atoms with Crippen LogP contribution in [-0.2, 0) is 25.5 Å². The van der Waals surface area contributed by atoms with E-state index in [0.717, 1.165) is 50.7 Å². The summed E-state index contributed by atoms with van der Waals surface area (Å²) in [6, 6.07) is 7.36. The van der Waals surface area contributed by atoms with Crippen LogP contribution in [0.4, 0.5) is 0 Å². The van der Waals surface area contributed by atoms with Crippen molar-refractivity contribution < 1.29 is 23.9 Å². The minimum Gasteiger partial charge on any atom is -0.457 e. The number of esters is 1. The van der Waals surface area contributed by atoms with Gasteiger partial charge in [0, 0.05) is 18.6 Å². The average Bonchev–Trinajstić information content (AvgIpc) is 3.55. The lowest BCUT2D eigenvalue weighted by molar-refractivity contribution is -0.142. The van der Waals surface area contributed by atoms with Gasteiger partial charge in [-0.25, -0.2) is 0 Å². The molecule has 0 spiro atoms. The Morgan fingerprint density at radius 3 is 2.72 bits per heavy atom. The third kappa shape index (κ3) is 5.44. The molecule has 0 N–H and O–H groups in total. The Morgan fingerprint density at radius 1 is 1.17 bits per heavy atom. The van der Waals surface area contributed by atoms with Crippen molar-refractivity contribution in [3.05, 3.63) is 45.9 Å². The number of fused-ring (bicyclic) bond motifs is 2. The molecular formula is C28H34N2O5S. The first-order valence-electron chi connectivity index (χ1n) is 13.2. The second kappa shape index (κ2) is 11.3. The number of carbonyl (C=O) groups is 3. The number of amidine groups is 1. The molecule has 192 valence electrons. The summed E-state index contributed by atoms with van der Waals surface area (Å²) in [5.74, 6) is -0.127. The number of hydrogen-bond acceptors (Lipinski definition) is 7. The van der Waals surface area contributed by atoms with E-state index in [-0.39, 0.29) is 42.1 Å². The molecule has 3 aliphatic heterocycles. The number of Topliss-reactive ketones (excluding diaryl/α,β-unsaturated/α-hetero) is 1. The molecule has 3 atom stereocenters. The van der Waals surface area contributed by atoms with Crippen LogP contribution >= 0.6 is 11.8 Å². The quantitative estimate of drug-likeness (QED) is 0.354. The van der Waals surface area contributed by atoms with Gasteiger partial charge in [0.1, 0.15) is 11.2 Å². The van der Waals surface area contributed by atoms with Gasteiger partial charge in [-0.05, 0) is 61.0 Å². The maximum Gasteiger partial charge on any atom is 0.306 e. The van der Waals surface area contributed by atoms with Gasteiger partial charge in [-0.15, -0.1) is 11.8 Å². The van der Waals surface area contributed by atoms with Crippen LogP contribution < -0.4 is 0 Å². The van der Waals surface area contributed by atoms with E-state index in [1.807, 2.05) is 12.1 Å². The van der Waals surface area contributed by atoms with E-state index in [0.29, 0.717) is 24.4 Å². The largest absolute Gasteiger partial charge is 0.457 e. The predicted octanol–water partition coefficient (Wildman–Crippen LogP) is 4.69. The molecule has 0 saturated carbocycles. The highest BCUT2D eigenvalue weighted by Crippen LogP contribution is 2.51. The second-order valence-corrected chi connectivity index (χ2v) is 11.1. The van der Waals surface area contributed by atoms with Crippen LogP contribution in [0, 0.1) is 5.92 Å². The zero-order valence-corrected chi connectivity index (χ0v) is 21.7. The molecule has 4 aliphatic rings. The normalized spacial score (nSPS) is 25.5. The van der Waals surface area contributed by atoms with Gasteiger partial charge in [0.05, 0.1) is 25.0 Å². The number of aryl methyl sites for hydroxylation is 1. The molecule has 0 aromatic heterocycles. The highest BCUT2D eigenvalue weighted by Gasteiger charge is 2.47. The summed E-state index contributed by atoms with van der Waals surface area (Å²) in [7, 11) is 0. The summed E-state index contributed by atoms with van der Waals surface area (Å²) >= 11 is 1.73. The number of hydrogen-bond donors (Lipinski definition) is 0. The average molecular weight is 511 g/mol. The molecule has 0 bridgehead atoms. The number of ether oxygens (including phenoxy) is 2. The molecule has 1 fully saturated rings. The van der Waals surface area contributed by atoms with E-state index in [9.17, 15) is 14.4 Å². The van der Waals surface area contributed by atoms with E-state index < -0.39 is 5.97 Å². The number of benzene rings is 1. The highest BCUT2D eigenvalue weighted by atomic mass is 32.2. The van der Waals surface area contributed by atoms with Crippen molar-refractivity contribution >= 4 is 35.3 Å². The lowest BCUT2D eigenvalue weighted by Gasteiger charge is -2.35. The van der Waals surface area contributed by atoms with E-state index >= 15 is 0 Å². The van der Waals surface area contributed by atoms with Gasteiger partial charge in [0.15, 0.2) is 12.4 Å². The zero-order valence-electron chi connectivity index (χ0n) is 20.9. The summed E-state index contributed by atoms with van der Waals surface area (Å²) in [5.41, 5.74) is 2.97. The van der Waals surface area contributed by atoms with Crippen LogP contribution in [0.1, 0.15) is 74.2 Å². The molecule has 36 heavy (non-hydrogen) atoms. The monoisotopic (exact) mass is 510 g/mol. The molecule has 0 unspecified atom stereocenters. The van der Waals surface area contributed by atoms with Crippen molar-refractivity contribution in [1.82, 2.24) is 4.90 Å². The third-order valence-corrected chi connectivity index (χ3v) is 8.88. The lowest BCUT2D eigenvalue weighted by atomic mass is 9.87. The number of ketones is 1. The fourth-order valence-corrected chi connectivity index (χ4v) is 6.99. The van der Waals surface area contributed by atoms with Crippen LogP contribution in [0.15, 0.2) is 39.7 Å². The summed E-state index contributed by atoms with van der Waals surface area (Å²) in [4.78, 5) is 46.7. The minimum absolute atomic E-state index is 0.00762. The Bertz CT molecular complexity index is 1070. The van der Waals surface area contributed by atoms with Gasteiger partial charge < -0.3 is 9.47 Å². The zero-order chi connectivity index (χ0) is 25.1. The third-order valence-electron chi connectivity index (χ3n) is 7.51. The highest BCUT2D eigenvalue weighted by molar-refractivity contribution is 8.04. The summed E-state index contributed by atoms with van der Waals surface area (Å²) in [6.45, 7) is 2.97. The first-order chi connectivity index (χ1) is 17.5. The Balaban J connectivity index is 1.22. The molecule has 8 heteroatoms. The fourth-order valence-electron chi connectivity index (χ4n) is 5.46. The van der Waals surface area contributed by atoms with Crippen LogP contribution in [0.2, 0.25) is 0 Å². The minimum atomic E-state index is -0.459. The number of amides is 1. The van der Waals surface area contributed by atoms with E-state index in [2.05, 4.69) is 6.92 Å². The maximum absolute atomic E-state index is 13.7. The summed E-state index contributed by atoms with van der Waals surface area (Å²) in [6.07, 6.45) is 7.54. The van der Waals surface area contributed by atoms with Crippen LogP contribution in [0.3, 0.4) is 0 Å². The predicted molar refractivity (Wildman–Crippen MR) is 139 cm³/mol. The molecule has 1 aliphatic carbocycles. The molecule has 7 nitrogen and oxygen atoms in total. The SMILES string of the molecule is CCc1ccc(C(=O)COC(=O)CCC2=N[C@@H]3SC4=C(CCCC4)[C@@H]3C(=O)N2C[C@@H]2CCCO2)cc1. The Morgan fingerprint density at radius 2 is 1.97 bits per heavy atom. The standard InChI is InChI=1S/C28H34N2O5S/c1-2-18-9-11-19(12-10-18)22(31)17-35-25(32)14-13-24-29-27-26(21-7-3-4-8-23(21)36-27)28(33)30(24)16-20-6-5-15-34-20/h9-12,20,26-27H,2-8,13-17H2,1H3/t20-,26-,27+/m0/s1. The Labute approximate surface area is 216 Å². The van der Waals surface area contributed by atoms with E-state index in [4.69, 9.17) is 14.5 Å². The van der Waals surface area contributed by atoms with Crippen molar-refractivity contribution in [3.8, 4) is 0 Å².